The molecule has 0 saturated heterocycles. The summed E-state index contributed by atoms with van der Waals surface area (Å²) in [4.78, 5) is 16.5. The fraction of sp³-hybridized carbons (Fsp3) is 0.476. The molecule has 0 amide bonds. The van der Waals surface area contributed by atoms with Crippen LogP contribution in [-0.2, 0) is 32.2 Å². The highest BCUT2D eigenvalue weighted by Crippen LogP contribution is 2.34. The molecule has 0 unspecified atom stereocenters. The molecule has 10 heteroatoms. The van der Waals surface area contributed by atoms with Crippen molar-refractivity contribution in [3.05, 3.63) is 51.6 Å². The Morgan fingerprint density at radius 1 is 1.23 bits per heavy atom. The number of nitrogens with zero attached hydrogens (tertiary/aromatic N) is 5. The Balaban J connectivity index is 0.00000107. The van der Waals surface area contributed by atoms with Gasteiger partial charge in [-0.3, -0.25) is 4.57 Å². The van der Waals surface area contributed by atoms with Crippen molar-refractivity contribution < 1.29 is 9.47 Å². The Kier molecular flexibility index (Phi) is 9.67. The van der Waals surface area contributed by atoms with E-state index in [1.165, 1.54) is 9.25 Å². The second-order valence-electron chi connectivity index (χ2n) is 6.98. The number of hydrogen-bond acceptors (Lipinski definition) is 6. The summed E-state index contributed by atoms with van der Waals surface area (Å²) in [6, 6.07) is 3.74. The number of benzene rings is 1. The van der Waals surface area contributed by atoms with Crippen molar-refractivity contribution >= 4 is 23.4 Å². The van der Waals surface area contributed by atoms with Crippen LogP contribution in [0, 0.1) is 6.92 Å². The van der Waals surface area contributed by atoms with E-state index < -0.39 is 0 Å². The van der Waals surface area contributed by atoms with E-state index >= 15 is 0 Å². The number of rotatable bonds is 8. The molecular weight excluding hydrogens is 438 g/mol. The lowest BCUT2D eigenvalue weighted by atomic mass is 10.1. The van der Waals surface area contributed by atoms with Crippen molar-refractivity contribution in [1.82, 2.24) is 23.9 Å². The van der Waals surface area contributed by atoms with Crippen molar-refractivity contribution in [1.29, 1.82) is 0 Å². The molecule has 3 aromatic rings. The first kappa shape index (κ1) is 25.0. The van der Waals surface area contributed by atoms with Gasteiger partial charge in [0.05, 0.1) is 18.2 Å². The van der Waals surface area contributed by atoms with Crippen LogP contribution >= 0.6 is 23.4 Å². The average molecular weight is 468 g/mol. The maximum absolute atomic E-state index is 12.3. The SMILES string of the molecule is CCCOCn1nc(COc2cc(C)c(Cl)cc2-c2cncn2C)n(C)c1=O.CSC. The molecule has 170 valence electrons. The summed E-state index contributed by atoms with van der Waals surface area (Å²) in [6.07, 6.45) is 8.43. The number of thioether (sulfide) groups is 1. The fourth-order valence-corrected chi connectivity index (χ4v) is 2.94. The largest absolute Gasteiger partial charge is 0.485 e. The Hall–Kier alpha value is -2.23. The van der Waals surface area contributed by atoms with Crippen LogP contribution in [0.1, 0.15) is 24.7 Å². The van der Waals surface area contributed by atoms with Crippen molar-refractivity contribution in [3.8, 4) is 17.0 Å². The number of hydrogen-bond donors (Lipinski definition) is 0. The van der Waals surface area contributed by atoms with Gasteiger partial charge < -0.3 is 14.0 Å². The van der Waals surface area contributed by atoms with E-state index in [4.69, 9.17) is 21.1 Å². The predicted octanol–water partition coefficient (Wildman–Crippen LogP) is 3.89. The van der Waals surface area contributed by atoms with Crippen LogP contribution in [-0.4, -0.2) is 43.0 Å². The molecule has 0 aliphatic rings. The second-order valence-corrected chi connectivity index (χ2v) is 8.20. The average Bonchev–Trinajstić information content (AvgIpc) is 3.27. The van der Waals surface area contributed by atoms with Crippen LogP contribution in [0.25, 0.3) is 11.3 Å². The number of ether oxygens (including phenoxy) is 2. The Morgan fingerprint density at radius 3 is 2.55 bits per heavy atom. The highest BCUT2D eigenvalue weighted by Gasteiger charge is 2.15. The molecule has 0 fully saturated rings. The van der Waals surface area contributed by atoms with Gasteiger partial charge in [0.1, 0.15) is 19.1 Å². The Morgan fingerprint density at radius 2 is 1.94 bits per heavy atom. The van der Waals surface area contributed by atoms with Gasteiger partial charge in [0.2, 0.25) is 0 Å². The lowest BCUT2D eigenvalue weighted by Gasteiger charge is -2.13. The van der Waals surface area contributed by atoms with Gasteiger partial charge in [-0.05, 0) is 43.6 Å². The second kappa shape index (κ2) is 12.0. The van der Waals surface area contributed by atoms with Crippen LogP contribution in [0.15, 0.2) is 29.5 Å². The van der Waals surface area contributed by atoms with Gasteiger partial charge >= 0.3 is 5.69 Å². The fourth-order valence-electron chi connectivity index (χ4n) is 2.77. The number of aromatic nitrogens is 5. The normalized spacial score (nSPS) is 10.7. The van der Waals surface area contributed by atoms with E-state index in [1.807, 2.05) is 50.1 Å². The van der Waals surface area contributed by atoms with E-state index in [2.05, 4.69) is 10.1 Å². The molecule has 31 heavy (non-hydrogen) atoms. The molecule has 0 radical (unpaired) electrons. The van der Waals surface area contributed by atoms with Gasteiger partial charge in [-0.25, -0.2) is 9.78 Å². The summed E-state index contributed by atoms with van der Waals surface area (Å²) in [5.74, 6) is 1.16. The van der Waals surface area contributed by atoms with Gasteiger partial charge in [-0.1, -0.05) is 18.5 Å². The molecule has 2 heterocycles. The van der Waals surface area contributed by atoms with Crippen molar-refractivity contribution in [2.45, 2.75) is 33.6 Å². The zero-order valence-corrected chi connectivity index (χ0v) is 20.5. The predicted molar refractivity (Wildman–Crippen MR) is 126 cm³/mol. The molecule has 1 aromatic carbocycles. The first-order valence-electron chi connectivity index (χ1n) is 9.84. The zero-order chi connectivity index (χ0) is 23.0. The number of halogens is 1. The summed E-state index contributed by atoms with van der Waals surface area (Å²) < 4.78 is 16.1. The third kappa shape index (κ3) is 6.38. The standard InChI is InChI=1S/C19H24ClN5O3.C2H6S/c1-5-6-27-12-25-19(26)24(4)18(22-25)10-28-17-7-13(2)15(20)8-14(17)16-9-21-11-23(16)3;1-3-2/h7-9,11H,5-6,10,12H2,1-4H3;1-2H3. The highest BCUT2D eigenvalue weighted by atomic mass is 35.5. The van der Waals surface area contributed by atoms with Crippen LogP contribution < -0.4 is 10.4 Å². The van der Waals surface area contributed by atoms with Crippen molar-refractivity contribution in [3.63, 3.8) is 0 Å². The summed E-state index contributed by atoms with van der Waals surface area (Å²) >= 11 is 8.07. The minimum Gasteiger partial charge on any atom is -0.485 e. The molecule has 0 aliphatic heterocycles. The molecule has 0 saturated carbocycles. The minimum atomic E-state index is -0.242. The van der Waals surface area contributed by atoms with Crippen LogP contribution in [0.2, 0.25) is 5.02 Å². The first-order chi connectivity index (χ1) is 14.8. The van der Waals surface area contributed by atoms with E-state index in [-0.39, 0.29) is 19.0 Å². The summed E-state index contributed by atoms with van der Waals surface area (Å²) in [5.41, 5.74) is 2.36. The maximum atomic E-state index is 12.3. The Labute approximate surface area is 192 Å². The van der Waals surface area contributed by atoms with Gasteiger partial charge in [0.15, 0.2) is 5.82 Å². The number of imidazole rings is 1. The summed E-state index contributed by atoms with van der Waals surface area (Å²) in [7, 11) is 3.57. The van der Waals surface area contributed by atoms with Crippen LogP contribution in [0.5, 0.6) is 5.75 Å². The van der Waals surface area contributed by atoms with E-state index in [9.17, 15) is 4.79 Å². The molecule has 0 N–H and O–H groups in total. The van der Waals surface area contributed by atoms with Gasteiger partial charge in [0, 0.05) is 31.3 Å². The molecule has 0 aliphatic carbocycles. The quantitative estimate of drug-likeness (QED) is 0.468. The summed E-state index contributed by atoms with van der Waals surface area (Å²) in [6.45, 7) is 4.76. The molecule has 0 spiro atoms. The van der Waals surface area contributed by atoms with E-state index in [0.29, 0.717) is 23.2 Å². The van der Waals surface area contributed by atoms with Crippen molar-refractivity contribution in [2.75, 3.05) is 19.1 Å². The third-order valence-corrected chi connectivity index (χ3v) is 4.81. The summed E-state index contributed by atoms with van der Waals surface area (Å²) in [5, 5.41) is 4.97. The topological polar surface area (TPSA) is 76.1 Å². The highest BCUT2D eigenvalue weighted by molar-refractivity contribution is 7.97. The van der Waals surface area contributed by atoms with Crippen LogP contribution in [0.3, 0.4) is 0 Å². The smallest absolute Gasteiger partial charge is 0.347 e. The van der Waals surface area contributed by atoms with Crippen LogP contribution in [0.4, 0.5) is 0 Å². The maximum Gasteiger partial charge on any atom is 0.347 e. The Bertz CT molecular complexity index is 1040. The van der Waals surface area contributed by atoms with Crippen molar-refractivity contribution in [2.24, 2.45) is 14.1 Å². The minimum absolute atomic E-state index is 0.126. The molecule has 2 aromatic heterocycles. The number of aryl methyl sites for hydroxylation is 2. The van der Waals surface area contributed by atoms with Gasteiger partial charge in [-0.15, -0.1) is 5.10 Å². The third-order valence-electron chi connectivity index (χ3n) is 4.40. The van der Waals surface area contributed by atoms with Gasteiger partial charge in [-0.2, -0.15) is 16.4 Å². The van der Waals surface area contributed by atoms with E-state index in [0.717, 1.165) is 23.2 Å². The first-order valence-corrected chi connectivity index (χ1v) is 11.8. The molecule has 3 rings (SSSR count). The lowest BCUT2D eigenvalue weighted by molar-refractivity contribution is 0.0662. The molecule has 0 atom stereocenters. The lowest BCUT2D eigenvalue weighted by Crippen LogP contribution is -2.24. The molecular formula is C21H30ClN5O3S. The zero-order valence-electron chi connectivity index (χ0n) is 18.9. The monoisotopic (exact) mass is 467 g/mol. The van der Waals surface area contributed by atoms with E-state index in [1.54, 1.807) is 31.3 Å². The molecule has 0 bridgehead atoms. The molecule has 8 nitrogen and oxygen atoms in total. The van der Waals surface area contributed by atoms with Gasteiger partial charge in [0.25, 0.3) is 0 Å².